The van der Waals surface area contributed by atoms with Crippen molar-refractivity contribution in [3.63, 3.8) is 0 Å². The van der Waals surface area contributed by atoms with Crippen molar-refractivity contribution in [1.29, 1.82) is 0 Å². The Morgan fingerprint density at radius 2 is 2.08 bits per heavy atom. The second kappa shape index (κ2) is 3.42. The summed E-state index contributed by atoms with van der Waals surface area (Å²) in [5.41, 5.74) is 4.47. The van der Waals surface area contributed by atoms with Gasteiger partial charge in [-0.05, 0) is 6.07 Å². The molecule has 0 atom stereocenters. The summed E-state index contributed by atoms with van der Waals surface area (Å²) in [5, 5.41) is 0. The van der Waals surface area contributed by atoms with Gasteiger partial charge >= 0.3 is 0 Å². The van der Waals surface area contributed by atoms with Crippen LogP contribution in [-0.2, 0) is 6.67 Å². The van der Waals surface area contributed by atoms with E-state index in [1.165, 1.54) is 12.1 Å². The molecule has 2 nitrogen and oxygen atoms in total. The lowest BCUT2D eigenvalue weighted by atomic mass is 10.2. The van der Waals surface area contributed by atoms with Crippen LogP contribution in [0.1, 0.15) is 17.7 Å². The molecule has 1 rings (SSSR count). The molecule has 0 saturated carbocycles. The van der Waals surface area contributed by atoms with Gasteiger partial charge in [0.1, 0.15) is 18.2 Å². The fourth-order valence-corrected chi connectivity index (χ4v) is 0.821. The lowest BCUT2D eigenvalue weighted by Gasteiger charge is -2.04. The van der Waals surface area contributed by atoms with E-state index in [4.69, 9.17) is 5.73 Å². The summed E-state index contributed by atoms with van der Waals surface area (Å²) < 4.78 is 36.3. The summed E-state index contributed by atoms with van der Waals surface area (Å²) in [6.45, 7) is -0.951. The topological polar surface area (TPSA) is 38.9 Å². The van der Waals surface area contributed by atoms with E-state index in [1.807, 2.05) is 0 Å². The number of hydrogen-bond acceptors (Lipinski definition) is 2. The molecule has 0 radical (unpaired) electrons. The van der Waals surface area contributed by atoms with E-state index in [9.17, 15) is 13.2 Å². The Hall–Kier alpha value is -1.26. The van der Waals surface area contributed by atoms with Gasteiger partial charge in [-0.1, -0.05) is 6.07 Å². The zero-order valence-electron chi connectivity index (χ0n) is 6.10. The van der Waals surface area contributed by atoms with Gasteiger partial charge in [-0.25, -0.2) is 18.2 Å². The molecule has 0 aromatic carbocycles. The van der Waals surface area contributed by atoms with Gasteiger partial charge in [0.2, 0.25) is 0 Å². The second-order valence-electron chi connectivity index (χ2n) is 2.21. The molecule has 0 bridgehead atoms. The van der Waals surface area contributed by atoms with Crippen molar-refractivity contribution >= 4 is 5.82 Å². The molecule has 0 unspecified atom stereocenters. The Labute approximate surface area is 67.2 Å². The maximum absolute atomic E-state index is 12.1. The van der Waals surface area contributed by atoms with Crippen molar-refractivity contribution in [3.8, 4) is 0 Å². The highest BCUT2D eigenvalue weighted by Gasteiger charge is 2.14. The van der Waals surface area contributed by atoms with Crippen molar-refractivity contribution < 1.29 is 13.2 Å². The van der Waals surface area contributed by atoms with Crippen LogP contribution in [0.2, 0.25) is 0 Å². The fraction of sp³-hybridized carbons (Fsp3) is 0.286. The average Bonchev–Trinajstić information content (AvgIpc) is 2.04. The summed E-state index contributed by atoms with van der Waals surface area (Å²) in [6, 6.07) is 2.50. The summed E-state index contributed by atoms with van der Waals surface area (Å²) in [5.74, 6) is -0.0255. The first-order chi connectivity index (χ1) is 5.65. The van der Waals surface area contributed by atoms with E-state index in [2.05, 4.69) is 4.98 Å². The molecule has 1 heterocycles. The standard InChI is InChI=1S/C7H7F3N2/c8-3-4-1-2-5(11)12-6(4)7(9)10/h1-2,7H,3H2,(H2,11,12). The SMILES string of the molecule is Nc1ccc(CF)c(C(F)F)n1. The molecule has 0 fully saturated rings. The second-order valence-corrected chi connectivity index (χ2v) is 2.21. The molecule has 0 aliphatic carbocycles. The quantitative estimate of drug-likeness (QED) is 0.749. The summed E-state index contributed by atoms with van der Waals surface area (Å²) >= 11 is 0. The third-order valence-corrected chi connectivity index (χ3v) is 1.38. The van der Waals surface area contributed by atoms with Crippen LogP contribution in [0.15, 0.2) is 12.1 Å². The van der Waals surface area contributed by atoms with Crippen LogP contribution in [0, 0.1) is 0 Å². The number of halogens is 3. The minimum absolute atomic E-state index is 0.0255. The summed E-state index contributed by atoms with van der Waals surface area (Å²) in [7, 11) is 0. The molecule has 66 valence electrons. The van der Waals surface area contributed by atoms with Crippen LogP contribution in [0.3, 0.4) is 0 Å². The average molecular weight is 176 g/mol. The Kier molecular flexibility index (Phi) is 2.52. The normalized spacial score (nSPS) is 10.7. The zero-order valence-corrected chi connectivity index (χ0v) is 6.10. The molecule has 12 heavy (non-hydrogen) atoms. The minimum atomic E-state index is -2.78. The van der Waals surface area contributed by atoms with Crippen LogP contribution < -0.4 is 5.73 Å². The van der Waals surface area contributed by atoms with Gasteiger partial charge in [0, 0.05) is 5.56 Å². The smallest absolute Gasteiger partial charge is 0.280 e. The third-order valence-electron chi connectivity index (χ3n) is 1.38. The molecular weight excluding hydrogens is 169 g/mol. The fourth-order valence-electron chi connectivity index (χ4n) is 0.821. The predicted molar refractivity (Wildman–Crippen MR) is 38.4 cm³/mol. The van der Waals surface area contributed by atoms with Gasteiger partial charge in [0.15, 0.2) is 0 Å². The number of hydrogen-bond donors (Lipinski definition) is 1. The molecule has 0 amide bonds. The van der Waals surface area contributed by atoms with Crippen molar-refractivity contribution in [2.75, 3.05) is 5.73 Å². The van der Waals surface area contributed by atoms with Gasteiger partial charge in [-0.3, -0.25) is 0 Å². The van der Waals surface area contributed by atoms with E-state index < -0.39 is 18.8 Å². The Balaban J connectivity index is 3.12. The van der Waals surface area contributed by atoms with E-state index in [-0.39, 0.29) is 11.4 Å². The minimum Gasteiger partial charge on any atom is -0.384 e. The van der Waals surface area contributed by atoms with Crippen molar-refractivity contribution in [3.05, 3.63) is 23.4 Å². The number of nitrogens with zero attached hydrogens (tertiary/aromatic N) is 1. The zero-order chi connectivity index (χ0) is 9.14. The van der Waals surface area contributed by atoms with Crippen LogP contribution in [-0.4, -0.2) is 4.98 Å². The highest BCUT2D eigenvalue weighted by molar-refractivity contribution is 5.34. The Bertz CT molecular complexity index is 275. The van der Waals surface area contributed by atoms with Gasteiger partial charge < -0.3 is 5.73 Å². The van der Waals surface area contributed by atoms with Crippen molar-refractivity contribution in [2.45, 2.75) is 13.1 Å². The van der Waals surface area contributed by atoms with Crippen LogP contribution in [0.25, 0.3) is 0 Å². The maximum Gasteiger partial charge on any atom is 0.280 e. The number of rotatable bonds is 2. The van der Waals surface area contributed by atoms with E-state index in [0.717, 1.165) is 0 Å². The van der Waals surface area contributed by atoms with Gasteiger partial charge in [0.05, 0.1) is 0 Å². The molecule has 1 aromatic rings. The largest absolute Gasteiger partial charge is 0.384 e. The number of anilines is 1. The number of nitrogen functional groups attached to an aromatic ring is 1. The van der Waals surface area contributed by atoms with E-state index in [1.54, 1.807) is 0 Å². The molecule has 1 aromatic heterocycles. The lowest BCUT2D eigenvalue weighted by molar-refractivity contribution is 0.144. The first-order valence-electron chi connectivity index (χ1n) is 3.24. The molecular formula is C7H7F3N2. The molecule has 0 aliphatic heterocycles. The van der Waals surface area contributed by atoms with E-state index in [0.29, 0.717) is 0 Å². The third kappa shape index (κ3) is 1.66. The number of aromatic nitrogens is 1. The maximum atomic E-state index is 12.1. The number of pyridine rings is 1. The molecule has 0 aliphatic rings. The summed E-state index contributed by atoms with van der Waals surface area (Å²) in [4.78, 5) is 3.33. The van der Waals surface area contributed by atoms with Crippen molar-refractivity contribution in [1.82, 2.24) is 4.98 Å². The van der Waals surface area contributed by atoms with Crippen LogP contribution in [0.5, 0.6) is 0 Å². The first kappa shape index (κ1) is 8.83. The molecule has 0 saturated heterocycles. The number of alkyl halides is 3. The Morgan fingerprint density at radius 3 is 2.58 bits per heavy atom. The molecule has 2 N–H and O–H groups in total. The summed E-state index contributed by atoms with van der Waals surface area (Å²) in [6.07, 6.45) is -2.78. The van der Waals surface area contributed by atoms with Crippen LogP contribution in [0.4, 0.5) is 19.0 Å². The van der Waals surface area contributed by atoms with Crippen LogP contribution >= 0.6 is 0 Å². The monoisotopic (exact) mass is 176 g/mol. The lowest BCUT2D eigenvalue weighted by Crippen LogP contribution is -2.00. The number of nitrogens with two attached hydrogens (primary N) is 1. The van der Waals surface area contributed by atoms with E-state index >= 15 is 0 Å². The van der Waals surface area contributed by atoms with Gasteiger partial charge in [-0.15, -0.1) is 0 Å². The van der Waals surface area contributed by atoms with Gasteiger partial charge in [-0.2, -0.15) is 0 Å². The van der Waals surface area contributed by atoms with Crippen molar-refractivity contribution in [2.24, 2.45) is 0 Å². The van der Waals surface area contributed by atoms with Gasteiger partial charge in [0.25, 0.3) is 6.43 Å². The predicted octanol–water partition coefficient (Wildman–Crippen LogP) is 2.07. The molecule has 0 spiro atoms. The highest BCUT2D eigenvalue weighted by Crippen LogP contribution is 2.22. The highest BCUT2D eigenvalue weighted by atomic mass is 19.3. The first-order valence-corrected chi connectivity index (χ1v) is 3.24. The Morgan fingerprint density at radius 1 is 1.42 bits per heavy atom. The molecule has 5 heteroatoms.